The maximum absolute atomic E-state index is 16.4. The van der Waals surface area contributed by atoms with Crippen molar-refractivity contribution >= 4 is 17.7 Å². The van der Waals surface area contributed by atoms with Gasteiger partial charge < -0.3 is 44.4 Å². The van der Waals surface area contributed by atoms with Crippen LogP contribution in [0.15, 0.2) is 0 Å². The van der Waals surface area contributed by atoms with Crippen LogP contribution in [0, 0.1) is 0 Å². The third kappa shape index (κ3) is 15.0. The van der Waals surface area contributed by atoms with Crippen LogP contribution in [-0.4, -0.2) is 165 Å². The molecule has 3 saturated carbocycles. The van der Waals surface area contributed by atoms with E-state index in [0.717, 1.165) is 116 Å². The summed E-state index contributed by atoms with van der Waals surface area (Å²) in [6.07, 6.45) is 36.3. The van der Waals surface area contributed by atoms with Crippen molar-refractivity contribution in [1.82, 2.24) is 29.8 Å². The van der Waals surface area contributed by atoms with Crippen molar-refractivity contribution in [2.24, 2.45) is 0 Å². The quantitative estimate of drug-likeness (QED) is 0.213. The zero-order valence-electron chi connectivity index (χ0n) is 58.1. The Hall–Kier alpha value is -1.91. The molecule has 500 valence electrons. The molecule has 6 saturated heterocycles. The first-order valence-corrected chi connectivity index (χ1v) is 36.5. The van der Waals surface area contributed by atoms with E-state index in [1.54, 1.807) is 0 Å². The highest BCUT2D eigenvalue weighted by molar-refractivity contribution is 5.90. The van der Waals surface area contributed by atoms with Gasteiger partial charge >= 0.3 is 0 Å². The number of amides is 3. The summed E-state index contributed by atoms with van der Waals surface area (Å²) in [5.41, 5.74) is -8.22. The highest BCUT2D eigenvalue weighted by atomic mass is 16.6. The van der Waals surface area contributed by atoms with E-state index in [1.165, 1.54) is 83.5 Å². The first kappa shape index (κ1) is 69.4. The molecule has 0 aromatic heterocycles. The minimum absolute atomic E-state index is 0.0129. The maximum atomic E-state index is 16.4. The smallest absolute Gasteiger partial charge is 0.257 e. The summed E-state index contributed by atoms with van der Waals surface area (Å²) in [7, 11) is 2.18. The first-order chi connectivity index (χ1) is 40.8. The highest BCUT2D eigenvalue weighted by Gasteiger charge is 2.70. The van der Waals surface area contributed by atoms with Crippen LogP contribution >= 0.6 is 0 Å². The second kappa shape index (κ2) is 26.8. The molecule has 9 aliphatic rings. The SMILES string of the molecule is CN1C(C)(C)CC2(CC1(C)C)OC1(CCCCCCCCCCC1)N(CC(O)CN1C(=O)C3(CC(C)(C)N(CC(O)CN4C(=O)C5(CC(C)(C)NC(C)(C)C5)OC45CCCCCCCCCCC5)C(C)(C)C3)OC13CCCCCCCCCCC3)C2=O. The molecule has 9 rings (SSSR count). The molecule has 9 fully saturated rings. The van der Waals surface area contributed by atoms with E-state index in [4.69, 9.17) is 14.2 Å². The molecule has 87 heavy (non-hydrogen) atoms. The van der Waals surface area contributed by atoms with Crippen molar-refractivity contribution in [1.29, 1.82) is 0 Å². The summed E-state index contributed by atoms with van der Waals surface area (Å²) in [5.74, 6) is 0.00522. The lowest BCUT2D eigenvalue weighted by Crippen LogP contribution is -2.69. The fourth-order valence-corrected chi connectivity index (χ4v) is 20.6. The van der Waals surface area contributed by atoms with Crippen LogP contribution in [0.2, 0.25) is 0 Å². The Morgan fingerprint density at radius 3 is 0.828 bits per heavy atom. The maximum Gasteiger partial charge on any atom is 0.257 e. The summed E-state index contributed by atoms with van der Waals surface area (Å²) in [5, 5.41) is 29.7. The number of nitrogens with zero attached hydrogens (tertiary/aromatic N) is 5. The molecule has 3 aliphatic carbocycles. The van der Waals surface area contributed by atoms with Gasteiger partial charge in [-0.2, -0.15) is 0 Å². The third-order valence-corrected chi connectivity index (χ3v) is 23.8. The van der Waals surface area contributed by atoms with Crippen LogP contribution in [-0.2, 0) is 28.6 Å². The van der Waals surface area contributed by atoms with Crippen molar-refractivity contribution in [3.63, 3.8) is 0 Å². The zero-order valence-corrected chi connectivity index (χ0v) is 58.1. The van der Waals surface area contributed by atoms with Crippen LogP contribution in [0.5, 0.6) is 0 Å². The molecular formula is C73H130N6O8. The predicted octanol–water partition coefficient (Wildman–Crippen LogP) is 14.4. The van der Waals surface area contributed by atoms with Crippen LogP contribution < -0.4 is 5.32 Å². The Kier molecular flexibility index (Phi) is 21.4. The molecule has 0 bridgehead atoms. The van der Waals surface area contributed by atoms with Gasteiger partial charge in [-0.3, -0.25) is 24.2 Å². The molecule has 2 unspecified atom stereocenters. The van der Waals surface area contributed by atoms with Gasteiger partial charge in [-0.15, -0.1) is 0 Å². The molecule has 0 aromatic carbocycles. The molecule has 0 radical (unpaired) electrons. The molecule has 3 N–H and O–H groups in total. The lowest BCUT2D eigenvalue weighted by molar-refractivity contribution is -0.206. The average Bonchev–Trinajstić information content (AvgIpc) is 1.56. The fraction of sp³-hybridized carbons (Fsp3) is 0.959. The Labute approximate surface area is 530 Å². The summed E-state index contributed by atoms with van der Waals surface area (Å²) >= 11 is 0. The van der Waals surface area contributed by atoms with E-state index in [2.05, 4.69) is 105 Å². The number of carbonyl (C=O) groups is 3. The minimum atomic E-state index is -1.18. The standard InChI is InChI=1S/C73H130N6O8/c1-62(2)51-68(52-63(3,4)74-62)59(82)78(71(85-68)41-35-29-23-17-14-18-24-30-36-42-71)49-58(81)50-79-66(9,10)55-70(56-67(79,11)12)61(84)77(73(87-70)45-39-33-27-21-16-22-28-34-40-46-73)48-57(80)47-76-60(83)69(53-64(5,6)75(13)65(7,8)54-69)86-72(76)43-37-31-25-19-15-20-26-32-38-44-72/h57-58,74,80-81H,14-56H2,1-13H3. The monoisotopic (exact) mass is 1220 g/mol. The van der Waals surface area contributed by atoms with E-state index in [0.29, 0.717) is 57.9 Å². The molecule has 14 nitrogen and oxygen atoms in total. The lowest BCUT2D eigenvalue weighted by Gasteiger charge is -2.58. The van der Waals surface area contributed by atoms with E-state index in [1.807, 2.05) is 14.7 Å². The van der Waals surface area contributed by atoms with E-state index < -0.39 is 57.3 Å². The molecule has 0 aromatic rings. The fourth-order valence-electron chi connectivity index (χ4n) is 20.6. The van der Waals surface area contributed by atoms with Gasteiger partial charge in [0.2, 0.25) is 0 Å². The molecule has 6 heterocycles. The number of likely N-dealkylation sites (tertiary alicyclic amines) is 2. The first-order valence-electron chi connectivity index (χ1n) is 36.5. The van der Waals surface area contributed by atoms with Gasteiger partial charge in [-0.25, -0.2) is 0 Å². The number of hydrogen-bond donors (Lipinski definition) is 3. The number of carbonyl (C=O) groups excluding carboxylic acids is 3. The molecule has 6 aliphatic heterocycles. The normalized spacial score (nSPS) is 31.2. The van der Waals surface area contributed by atoms with Gasteiger partial charge in [0.1, 0.15) is 17.2 Å². The number of piperidine rings is 3. The molecule has 6 spiro atoms. The summed E-state index contributed by atoms with van der Waals surface area (Å²) in [6.45, 7) is 27.4. The summed E-state index contributed by atoms with van der Waals surface area (Å²) < 4.78 is 23.0. The van der Waals surface area contributed by atoms with Crippen molar-refractivity contribution in [3.05, 3.63) is 0 Å². The summed E-state index contributed by atoms with van der Waals surface area (Å²) in [4.78, 5) is 58.7. The number of aliphatic hydroxyl groups is 2. The zero-order chi connectivity index (χ0) is 63.0. The van der Waals surface area contributed by atoms with Crippen molar-refractivity contribution in [2.45, 2.75) is 413 Å². The Bertz CT molecular complexity index is 2240. The van der Waals surface area contributed by atoms with Gasteiger partial charge in [0.15, 0.2) is 16.8 Å². The van der Waals surface area contributed by atoms with E-state index >= 15 is 14.4 Å². The second-order valence-corrected chi connectivity index (χ2v) is 34.6. The van der Waals surface area contributed by atoms with Crippen LogP contribution in [0.4, 0.5) is 0 Å². The molecule has 3 amide bonds. The molecular weight excluding hydrogens is 1090 g/mol. The molecule has 14 heteroatoms. The third-order valence-electron chi connectivity index (χ3n) is 23.8. The minimum Gasteiger partial charge on any atom is -0.390 e. The van der Waals surface area contributed by atoms with Gasteiger partial charge in [-0.1, -0.05) is 135 Å². The predicted molar refractivity (Wildman–Crippen MR) is 349 cm³/mol. The summed E-state index contributed by atoms with van der Waals surface area (Å²) in [6, 6.07) is 0. The van der Waals surface area contributed by atoms with E-state index in [-0.39, 0.29) is 59.5 Å². The number of nitrogens with one attached hydrogen (secondary N) is 1. The van der Waals surface area contributed by atoms with Gasteiger partial charge in [0.05, 0.1) is 31.8 Å². The van der Waals surface area contributed by atoms with Crippen molar-refractivity contribution in [2.75, 3.05) is 33.2 Å². The Morgan fingerprint density at radius 1 is 0.345 bits per heavy atom. The average molecular weight is 1220 g/mol. The number of β-amino-alcohol motifs (C(OH)–C–C–N with tert-alkyl or cyclic N) is 2. The number of ether oxygens (including phenoxy) is 3. The van der Waals surface area contributed by atoms with E-state index in [9.17, 15) is 10.2 Å². The van der Waals surface area contributed by atoms with Crippen LogP contribution in [0.25, 0.3) is 0 Å². The van der Waals surface area contributed by atoms with Crippen LogP contribution in [0.3, 0.4) is 0 Å². The topological polar surface area (TPSA) is 148 Å². The Balaban J connectivity index is 1.01. The van der Waals surface area contributed by atoms with Gasteiger partial charge in [0.25, 0.3) is 17.7 Å². The lowest BCUT2D eigenvalue weighted by atomic mass is 9.70. The second-order valence-electron chi connectivity index (χ2n) is 34.6. The Morgan fingerprint density at radius 2 is 0.563 bits per heavy atom. The van der Waals surface area contributed by atoms with Crippen molar-refractivity contribution < 1.29 is 38.8 Å². The number of aliphatic hydroxyl groups excluding tert-OH is 2. The number of rotatable bonds is 8. The van der Waals surface area contributed by atoms with Crippen molar-refractivity contribution in [3.8, 4) is 0 Å². The van der Waals surface area contributed by atoms with Crippen LogP contribution in [0.1, 0.15) is 333 Å². The number of hydrogen-bond acceptors (Lipinski definition) is 11. The molecule has 2 atom stereocenters. The van der Waals surface area contributed by atoms with Gasteiger partial charge in [-0.05, 0) is 167 Å². The largest absolute Gasteiger partial charge is 0.390 e. The van der Waals surface area contributed by atoms with Gasteiger partial charge in [0, 0.05) is 78.3 Å². The highest BCUT2D eigenvalue weighted by Crippen LogP contribution is 2.57.